The van der Waals surface area contributed by atoms with Crippen LogP contribution in [0, 0.1) is 0 Å². The van der Waals surface area contributed by atoms with Crippen LogP contribution in [0.15, 0.2) is 23.4 Å². The van der Waals surface area contributed by atoms with E-state index in [1.807, 2.05) is 0 Å². The van der Waals surface area contributed by atoms with Crippen molar-refractivity contribution in [3.8, 4) is 0 Å². The van der Waals surface area contributed by atoms with Gasteiger partial charge in [-0.1, -0.05) is 11.6 Å². The number of hydrogen-bond acceptors (Lipinski definition) is 4. The van der Waals surface area contributed by atoms with Crippen molar-refractivity contribution < 1.29 is 8.42 Å². The Morgan fingerprint density at radius 2 is 2.19 bits per heavy atom. The average molecular weight is 280 g/mol. The predicted molar refractivity (Wildman–Crippen MR) is 68.9 cm³/mol. The van der Waals surface area contributed by atoms with E-state index in [-0.39, 0.29) is 11.0 Å². The molecule has 90 valence electrons. The zero-order chi connectivity index (χ0) is 12.2. The van der Waals surface area contributed by atoms with Gasteiger partial charge in [-0.2, -0.15) is 0 Å². The first-order valence-corrected chi connectivity index (χ1v) is 7.96. The van der Waals surface area contributed by atoms with Gasteiger partial charge >= 0.3 is 0 Å². The Kier molecular flexibility index (Phi) is 5.08. The van der Waals surface area contributed by atoms with E-state index in [0.29, 0.717) is 15.8 Å². The normalized spacial score (nSPS) is 12.0. The molecule has 0 aliphatic heterocycles. The summed E-state index contributed by atoms with van der Waals surface area (Å²) in [6.45, 7) is 3.38. The lowest BCUT2D eigenvalue weighted by Gasteiger charge is -2.07. The summed E-state index contributed by atoms with van der Waals surface area (Å²) in [4.78, 5) is 4.08. The Bertz CT molecular complexity index is 446. The average Bonchev–Trinajstić information content (AvgIpc) is 2.20. The van der Waals surface area contributed by atoms with Gasteiger partial charge in [-0.3, -0.25) is 0 Å². The fraction of sp³-hybridized carbons (Fsp3) is 0.500. The number of thioether (sulfide) groups is 1. The molecule has 16 heavy (non-hydrogen) atoms. The van der Waals surface area contributed by atoms with Gasteiger partial charge in [0.15, 0.2) is 9.84 Å². The van der Waals surface area contributed by atoms with Crippen molar-refractivity contribution >= 4 is 33.2 Å². The summed E-state index contributed by atoms with van der Waals surface area (Å²) in [6, 6.07) is 3.49. The van der Waals surface area contributed by atoms with Crippen molar-refractivity contribution in [1.29, 1.82) is 0 Å². The summed E-state index contributed by atoms with van der Waals surface area (Å²) in [7, 11) is -2.97. The van der Waals surface area contributed by atoms with E-state index in [1.54, 1.807) is 32.2 Å². The van der Waals surface area contributed by atoms with Gasteiger partial charge in [-0.15, -0.1) is 11.8 Å². The van der Waals surface area contributed by atoms with E-state index in [4.69, 9.17) is 11.6 Å². The summed E-state index contributed by atoms with van der Waals surface area (Å²) in [6.07, 6.45) is 1.64. The molecule has 0 aliphatic carbocycles. The first kappa shape index (κ1) is 13.8. The molecule has 1 rings (SSSR count). The predicted octanol–water partition coefficient (Wildman–Crippen LogP) is 2.65. The molecule has 0 N–H and O–H groups in total. The third kappa shape index (κ3) is 3.96. The summed E-state index contributed by atoms with van der Waals surface area (Å²) in [5.74, 6) is 0.638. The minimum atomic E-state index is -2.97. The highest BCUT2D eigenvalue weighted by Gasteiger charge is 2.15. The van der Waals surface area contributed by atoms with E-state index < -0.39 is 9.84 Å². The van der Waals surface area contributed by atoms with Crippen LogP contribution in [-0.4, -0.2) is 30.2 Å². The lowest BCUT2D eigenvalue weighted by atomic mass is 10.5. The van der Waals surface area contributed by atoms with Gasteiger partial charge in [0.05, 0.1) is 16.0 Å². The molecule has 0 amide bonds. The zero-order valence-corrected chi connectivity index (χ0v) is 11.6. The fourth-order valence-corrected chi connectivity index (χ4v) is 3.52. The maximum Gasteiger partial charge on any atom is 0.153 e. The lowest BCUT2D eigenvalue weighted by Crippen LogP contribution is -2.19. The minimum Gasteiger partial charge on any atom is -0.248 e. The minimum absolute atomic E-state index is 0.155. The first-order valence-electron chi connectivity index (χ1n) is 4.88. The highest BCUT2D eigenvalue weighted by molar-refractivity contribution is 8.00. The molecular formula is C10H14ClNO2S2. The molecule has 0 aliphatic rings. The van der Waals surface area contributed by atoms with Gasteiger partial charge in [0, 0.05) is 11.9 Å². The Morgan fingerprint density at radius 3 is 2.75 bits per heavy atom. The highest BCUT2D eigenvalue weighted by Crippen LogP contribution is 2.24. The SMILES string of the molecule is CC(C)S(=O)(=O)CCSc1ncccc1Cl. The molecule has 3 nitrogen and oxygen atoms in total. The van der Waals surface area contributed by atoms with E-state index in [9.17, 15) is 8.42 Å². The molecule has 1 heterocycles. The van der Waals surface area contributed by atoms with E-state index in [2.05, 4.69) is 4.98 Å². The van der Waals surface area contributed by atoms with Gasteiger partial charge < -0.3 is 0 Å². The topological polar surface area (TPSA) is 47.0 Å². The van der Waals surface area contributed by atoms with E-state index >= 15 is 0 Å². The van der Waals surface area contributed by atoms with Crippen LogP contribution in [0.3, 0.4) is 0 Å². The van der Waals surface area contributed by atoms with Crippen molar-refractivity contribution in [1.82, 2.24) is 4.98 Å². The smallest absolute Gasteiger partial charge is 0.153 e. The van der Waals surface area contributed by atoms with Gasteiger partial charge in [0.1, 0.15) is 5.03 Å². The largest absolute Gasteiger partial charge is 0.248 e. The van der Waals surface area contributed by atoms with Crippen LogP contribution in [0.2, 0.25) is 5.02 Å². The van der Waals surface area contributed by atoms with Gasteiger partial charge in [-0.05, 0) is 26.0 Å². The fourth-order valence-electron chi connectivity index (χ4n) is 0.968. The molecular weight excluding hydrogens is 266 g/mol. The molecule has 0 saturated heterocycles. The van der Waals surface area contributed by atoms with Crippen molar-refractivity contribution in [3.63, 3.8) is 0 Å². The standard InChI is InChI=1S/C10H14ClNO2S2/c1-8(2)16(13,14)7-6-15-10-9(11)4-3-5-12-10/h3-5,8H,6-7H2,1-2H3. The summed E-state index contributed by atoms with van der Waals surface area (Å²) in [5, 5.41) is 0.921. The summed E-state index contributed by atoms with van der Waals surface area (Å²) < 4.78 is 23.1. The summed E-state index contributed by atoms with van der Waals surface area (Å²) >= 11 is 7.27. The molecule has 1 aromatic rings. The number of pyridine rings is 1. The Hall–Kier alpha value is -0.260. The molecule has 0 atom stereocenters. The van der Waals surface area contributed by atoms with Crippen LogP contribution >= 0.6 is 23.4 Å². The maximum absolute atomic E-state index is 11.5. The Morgan fingerprint density at radius 1 is 1.50 bits per heavy atom. The second-order valence-corrected chi connectivity index (χ2v) is 7.72. The van der Waals surface area contributed by atoms with Crippen molar-refractivity contribution in [3.05, 3.63) is 23.4 Å². The Labute approximate surface area is 106 Å². The molecule has 0 radical (unpaired) electrons. The van der Waals surface area contributed by atoms with Crippen LogP contribution in [0.1, 0.15) is 13.8 Å². The molecule has 0 fully saturated rings. The number of rotatable bonds is 5. The molecule has 0 spiro atoms. The number of halogens is 1. The van der Waals surface area contributed by atoms with Gasteiger partial charge in [0.2, 0.25) is 0 Å². The monoisotopic (exact) mass is 279 g/mol. The molecule has 0 saturated carbocycles. The van der Waals surface area contributed by atoms with Crippen molar-refractivity contribution in [2.45, 2.75) is 24.1 Å². The number of aromatic nitrogens is 1. The van der Waals surface area contributed by atoms with Crippen molar-refractivity contribution in [2.24, 2.45) is 0 Å². The third-order valence-corrected chi connectivity index (χ3v) is 5.94. The van der Waals surface area contributed by atoms with Crippen molar-refractivity contribution in [2.75, 3.05) is 11.5 Å². The number of sulfone groups is 1. The third-order valence-electron chi connectivity index (χ3n) is 2.05. The second-order valence-electron chi connectivity index (χ2n) is 3.55. The van der Waals surface area contributed by atoms with Crippen LogP contribution in [0.4, 0.5) is 0 Å². The zero-order valence-electron chi connectivity index (χ0n) is 9.18. The van der Waals surface area contributed by atoms with E-state index in [1.165, 1.54) is 11.8 Å². The first-order chi connectivity index (χ1) is 7.43. The second kappa shape index (κ2) is 5.89. The molecule has 0 aromatic carbocycles. The number of nitrogens with zero attached hydrogens (tertiary/aromatic N) is 1. The lowest BCUT2D eigenvalue weighted by molar-refractivity contribution is 0.589. The Balaban J connectivity index is 2.52. The maximum atomic E-state index is 11.5. The number of hydrogen-bond donors (Lipinski definition) is 0. The van der Waals surface area contributed by atoms with Crippen LogP contribution in [-0.2, 0) is 9.84 Å². The molecule has 0 unspecified atom stereocenters. The van der Waals surface area contributed by atoms with Gasteiger partial charge in [-0.25, -0.2) is 13.4 Å². The summed E-state index contributed by atoms with van der Waals surface area (Å²) in [5.41, 5.74) is 0. The van der Waals surface area contributed by atoms with Gasteiger partial charge in [0.25, 0.3) is 0 Å². The highest BCUT2D eigenvalue weighted by atomic mass is 35.5. The van der Waals surface area contributed by atoms with E-state index in [0.717, 1.165) is 0 Å². The van der Waals surface area contributed by atoms with Crippen LogP contribution in [0.5, 0.6) is 0 Å². The molecule has 1 aromatic heterocycles. The van der Waals surface area contributed by atoms with Crippen LogP contribution in [0.25, 0.3) is 0 Å². The van der Waals surface area contributed by atoms with Crippen LogP contribution < -0.4 is 0 Å². The quantitative estimate of drug-likeness (QED) is 0.778. The molecule has 0 bridgehead atoms. The molecule has 6 heteroatoms.